The van der Waals surface area contributed by atoms with E-state index in [1.54, 1.807) is 6.92 Å². The van der Waals surface area contributed by atoms with Crippen molar-refractivity contribution in [1.82, 2.24) is 20.4 Å². The Morgan fingerprint density at radius 2 is 2.12 bits per heavy atom. The molecule has 1 atom stereocenters. The van der Waals surface area contributed by atoms with Gasteiger partial charge in [-0.05, 0) is 33.6 Å². The first kappa shape index (κ1) is 17.2. The van der Waals surface area contributed by atoms with Crippen LogP contribution in [0, 0.1) is 13.8 Å². The molecule has 0 unspecified atom stereocenters. The van der Waals surface area contributed by atoms with E-state index in [0.29, 0.717) is 23.1 Å². The zero-order chi connectivity index (χ0) is 18.0. The minimum Gasteiger partial charge on any atom is -0.361 e. The minimum absolute atomic E-state index is 0.160. The van der Waals surface area contributed by atoms with Gasteiger partial charge in [0.05, 0.1) is 23.9 Å². The maximum absolute atomic E-state index is 12.3. The molecule has 0 aromatic carbocycles. The lowest BCUT2D eigenvalue weighted by Crippen LogP contribution is -2.31. The molecular formula is C17H23N5O3. The minimum atomic E-state index is -0.364. The summed E-state index contributed by atoms with van der Waals surface area (Å²) in [6.07, 6.45) is 2.38. The average Bonchev–Trinajstić information content (AvgIpc) is 3.20. The number of nitrogens with zero attached hydrogens (tertiary/aromatic N) is 3. The van der Waals surface area contributed by atoms with Crippen LogP contribution in [0.2, 0.25) is 0 Å². The third-order valence-electron chi connectivity index (χ3n) is 4.49. The summed E-state index contributed by atoms with van der Waals surface area (Å²) in [7, 11) is 0. The van der Waals surface area contributed by atoms with Gasteiger partial charge in [-0.15, -0.1) is 0 Å². The Bertz CT molecular complexity index is 800. The lowest BCUT2D eigenvalue weighted by Gasteiger charge is -2.18. The monoisotopic (exact) mass is 345 g/mol. The summed E-state index contributed by atoms with van der Waals surface area (Å²) in [6.45, 7) is 7.19. The Hall–Kier alpha value is -2.64. The number of hydrogen-bond donors (Lipinski definition) is 2. The highest BCUT2D eigenvalue weighted by molar-refractivity contribution is 5.79. The van der Waals surface area contributed by atoms with Crippen LogP contribution in [0.15, 0.2) is 15.4 Å². The highest BCUT2D eigenvalue weighted by Crippen LogP contribution is 2.17. The Morgan fingerprint density at radius 3 is 2.76 bits per heavy atom. The Balaban J connectivity index is 1.71. The zero-order valence-corrected chi connectivity index (χ0v) is 14.8. The van der Waals surface area contributed by atoms with Crippen LogP contribution >= 0.6 is 0 Å². The molecule has 0 radical (unpaired) electrons. The van der Waals surface area contributed by atoms with Gasteiger partial charge in [0, 0.05) is 24.7 Å². The molecule has 25 heavy (non-hydrogen) atoms. The van der Waals surface area contributed by atoms with Crippen LogP contribution in [-0.2, 0) is 11.2 Å². The first-order valence-electron chi connectivity index (χ1n) is 8.51. The number of H-pyrrole nitrogens is 1. The molecule has 2 aromatic heterocycles. The first-order valence-corrected chi connectivity index (χ1v) is 8.51. The Kier molecular flexibility index (Phi) is 4.87. The van der Waals surface area contributed by atoms with Crippen molar-refractivity contribution in [3.05, 3.63) is 39.1 Å². The summed E-state index contributed by atoms with van der Waals surface area (Å²) in [5.41, 5.74) is 1.85. The van der Waals surface area contributed by atoms with Crippen LogP contribution in [0.5, 0.6) is 0 Å². The average molecular weight is 345 g/mol. The maximum Gasteiger partial charge on any atom is 0.252 e. The molecule has 1 aliphatic heterocycles. The van der Waals surface area contributed by atoms with E-state index in [-0.39, 0.29) is 23.9 Å². The normalized spacial score (nSPS) is 15.4. The number of amides is 1. The van der Waals surface area contributed by atoms with E-state index in [2.05, 4.69) is 25.3 Å². The topological polar surface area (TPSA) is 104 Å². The van der Waals surface area contributed by atoms with Crippen LogP contribution in [0.4, 0.5) is 5.95 Å². The van der Waals surface area contributed by atoms with E-state index in [0.717, 1.165) is 31.5 Å². The second-order valence-corrected chi connectivity index (χ2v) is 6.46. The zero-order valence-electron chi connectivity index (χ0n) is 14.8. The van der Waals surface area contributed by atoms with Crippen molar-refractivity contribution in [1.29, 1.82) is 0 Å². The molecule has 134 valence electrons. The molecule has 3 heterocycles. The lowest BCUT2D eigenvalue weighted by molar-refractivity contribution is -0.121. The number of aromatic amines is 1. The van der Waals surface area contributed by atoms with E-state index >= 15 is 0 Å². The highest BCUT2D eigenvalue weighted by Gasteiger charge is 2.19. The Labute approximate surface area is 145 Å². The van der Waals surface area contributed by atoms with Crippen LogP contribution in [0.3, 0.4) is 0 Å². The van der Waals surface area contributed by atoms with Crippen LogP contribution < -0.4 is 15.8 Å². The number of nitrogens with one attached hydrogen (secondary N) is 2. The van der Waals surface area contributed by atoms with Crippen molar-refractivity contribution in [2.24, 2.45) is 0 Å². The molecule has 0 spiro atoms. The standard InChI is InChI=1S/C17H23N5O3/c1-10-13(12(3)25-21-10)8-15(23)18-11(2)14-9-16(24)20-17(19-14)22-6-4-5-7-22/h9,11H,4-8H2,1-3H3,(H,18,23)(H,19,20,24)/t11-/m0/s1. The van der Waals surface area contributed by atoms with Gasteiger partial charge in [-0.1, -0.05) is 5.16 Å². The van der Waals surface area contributed by atoms with Crippen molar-refractivity contribution in [3.63, 3.8) is 0 Å². The SMILES string of the molecule is Cc1noc(C)c1CC(=O)N[C@@H](C)c1cc(=O)[nH]c(N2CCCC2)n1. The van der Waals surface area contributed by atoms with Gasteiger partial charge < -0.3 is 14.7 Å². The number of rotatable bonds is 5. The van der Waals surface area contributed by atoms with Gasteiger partial charge in [-0.25, -0.2) is 4.98 Å². The van der Waals surface area contributed by atoms with Crippen LogP contribution in [0.1, 0.15) is 48.5 Å². The van der Waals surface area contributed by atoms with Gasteiger partial charge in [0.15, 0.2) is 0 Å². The van der Waals surface area contributed by atoms with Crippen LogP contribution in [0.25, 0.3) is 0 Å². The number of anilines is 1. The van der Waals surface area contributed by atoms with Crippen molar-refractivity contribution in [2.75, 3.05) is 18.0 Å². The molecule has 8 nitrogen and oxygen atoms in total. The summed E-state index contributed by atoms with van der Waals surface area (Å²) in [6, 6.07) is 1.07. The molecule has 2 aromatic rings. The van der Waals surface area contributed by atoms with E-state index in [9.17, 15) is 9.59 Å². The number of carbonyl (C=O) groups is 1. The fourth-order valence-electron chi connectivity index (χ4n) is 3.04. The second-order valence-electron chi connectivity index (χ2n) is 6.46. The van der Waals surface area contributed by atoms with Crippen molar-refractivity contribution in [2.45, 2.75) is 46.1 Å². The van der Waals surface area contributed by atoms with Gasteiger partial charge in [0.25, 0.3) is 5.56 Å². The number of hydrogen-bond acceptors (Lipinski definition) is 6. The van der Waals surface area contributed by atoms with Crippen molar-refractivity contribution in [3.8, 4) is 0 Å². The van der Waals surface area contributed by atoms with E-state index in [4.69, 9.17) is 4.52 Å². The summed E-state index contributed by atoms with van der Waals surface area (Å²) >= 11 is 0. The molecule has 1 aliphatic rings. The molecule has 0 bridgehead atoms. The molecular weight excluding hydrogens is 322 g/mol. The third-order valence-corrected chi connectivity index (χ3v) is 4.49. The molecule has 0 aliphatic carbocycles. The van der Waals surface area contributed by atoms with Crippen LogP contribution in [-0.4, -0.2) is 34.1 Å². The fourth-order valence-corrected chi connectivity index (χ4v) is 3.04. The van der Waals surface area contributed by atoms with E-state index in [1.165, 1.54) is 6.07 Å². The Morgan fingerprint density at radius 1 is 1.40 bits per heavy atom. The molecule has 0 saturated carbocycles. The van der Waals surface area contributed by atoms with E-state index in [1.807, 2.05) is 13.8 Å². The second kappa shape index (κ2) is 7.08. The molecule has 2 N–H and O–H groups in total. The van der Waals surface area contributed by atoms with Gasteiger partial charge in [-0.3, -0.25) is 14.6 Å². The number of carbonyl (C=O) groups excluding carboxylic acids is 1. The summed E-state index contributed by atoms with van der Waals surface area (Å²) in [5, 5.41) is 6.75. The van der Waals surface area contributed by atoms with Crippen molar-refractivity contribution >= 4 is 11.9 Å². The fraction of sp³-hybridized carbons (Fsp3) is 0.529. The van der Waals surface area contributed by atoms with Gasteiger partial charge in [-0.2, -0.15) is 0 Å². The third kappa shape index (κ3) is 3.89. The molecule has 3 rings (SSSR count). The smallest absolute Gasteiger partial charge is 0.252 e. The lowest BCUT2D eigenvalue weighted by atomic mass is 10.1. The number of aromatic nitrogens is 3. The van der Waals surface area contributed by atoms with Crippen molar-refractivity contribution < 1.29 is 9.32 Å². The number of aryl methyl sites for hydroxylation is 2. The molecule has 1 amide bonds. The summed E-state index contributed by atoms with van der Waals surface area (Å²) < 4.78 is 5.08. The quantitative estimate of drug-likeness (QED) is 0.849. The maximum atomic E-state index is 12.3. The summed E-state index contributed by atoms with van der Waals surface area (Å²) in [4.78, 5) is 33.6. The predicted octanol–water partition coefficient (Wildman–Crippen LogP) is 1.39. The van der Waals surface area contributed by atoms with E-state index < -0.39 is 0 Å². The molecule has 1 fully saturated rings. The van der Waals surface area contributed by atoms with Gasteiger partial charge in [0.1, 0.15) is 5.76 Å². The predicted molar refractivity (Wildman–Crippen MR) is 92.5 cm³/mol. The van der Waals surface area contributed by atoms with Gasteiger partial charge in [0.2, 0.25) is 11.9 Å². The summed E-state index contributed by atoms with van der Waals surface area (Å²) in [5.74, 6) is 1.06. The highest BCUT2D eigenvalue weighted by atomic mass is 16.5. The largest absolute Gasteiger partial charge is 0.361 e. The van der Waals surface area contributed by atoms with Gasteiger partial charge >= 0.3 is 0 Å². The molecule has 8 heteroatoms. The molecule has 1 saturated heterocycles. The first-order chi connectivity index (χ1) is 11.9.